The van der Waals surface area contributed by atoms with Crippen LogP contribution in [0.1, 0.15) is 19.5 Å². The predicted molar refractivity (Wildman–Crippen MR) is 92.3 cm³/mol. The molecule has 2 aromatic heterocycles. The molecule has 3 heterocycles. The summed E-state index contributed by atoms with van der Waals surface area (Å²) in [6, 6.07) is 0.467. The topological polar surface area (TPSA) is 57.4 Å². The Hall–Kier alpha value is -1.28. The minimum Gasteiger partial charge on any atom is -0.392 e. The molecule has 0 bridgehead atoms. The first-order valence-corrected chi connectivity index (χ1v) is 8.97. The van der Waals surface area contributed by atoms with Gasteiger partial charge < -0.3 is 5.11 Å². The summed E-state index contributed by atoms with van der Waals surface area (Å²) >= 11 is 1.68. The minimum absolute atomic E-state index is 0.260. The van der Waals surface area contributed by atoms with E-state index in [1.165, 1.54) is 0 Å². The molecule has 0 unspecified atom stereocenters. The molecular weight excluding hydrogens is 310 g/mol. The summed E-state index contributed by atoms with van der Waals surface area (Å²) < 4.78 is 1.81. The summed E-state index contributed by atoms with van der Waals surface area (Å²) in [4.78, 5) is 9.56. The molecule has 0 radical (unpaired) electrons. The van der Waals surface area contributed by atoms with Gasteiger partial charge in [0.25, 0.3) is 0 Å². The molecule has 126 valence electrons. The van der Waals surface area contributed by atoms with Gasteiger partial charge in [0.2, 0.25) is 0 Å². The van der Waals surface area contributed by atoms with E-state index in [1.807, 2.05) is 26.4 Å². The summed E-state index contributed by atoms with van der Waals surface area (Å²) in [7, 11) is 1.92. The molecule has 0 saturated carbocycles. The van der Waals surface area contributed by atoms with Gasteiger partial charge in [0.05, 0.1) is 18.0 Å². The third kappa shape index (κ3) is 4.17. The first kappa shape index (κ1) is 16.6. The van der Waals surface area contributed by atoms with Crippen LogP contribution in [0.3, 0.4) is 0 Å². The highest BCUT2D eigenvalue weighted by Crippen LogP contribution is 2.24. The fraction of sp³-hybridized carbons (Fsp3) is 0.625. The van der Waals surface area contributed by atoms with E-state index < -0.39 is 0 Å². The minimum atomic E-state index is -0.260. The molecule has 1 saturated heterocycles. The van der Waals surface area contributed by atoms with Crippen molar-refractivity contribution in [2.75, 3.05) is 26.2 Å². The standard InChI is InChI=1S/C16H25N5OS/c1-12-7-20(4-5-21(12)8-13(2)22)10-15-11-23-16(18-15)14-6-17-19(3)9-14/h6,9,11-13,22H,4-5,7-8,10H2,1-3H3/t12-,13-/m0/s1. The summed E-state index contributed by atoms with van der Waals surface area (Å²) in [5, 5.41) is 17.0. The van der Waals surface area contributed by atoms with Gasteiger partial charge >= 0.3 is 0 Å². The van der Waals surface area contributed by atoms with Gasteiger partial charge in [0.1, 0.15) is 5.01 Å². The molecular formula is C16H25N5OS. The second kappa shape index (κ2) is 7.09. The molecule has 1 fully saturated rings. The van der Waals surface area contributed by atoms with Crippen LogP contribution in [-0.2, 0) is 13.6 Å². The fourth-order valence-corrected chi connectivity index (χ4v) is 3.88. The Morgan fingerprint density at radius 3 is 2.91 bits per heavy atom. The Labute approximate surface area is 141 Å². The van der Waals surface area contributed by atoms with Gasteiger partial charge in [-0.3, -0.25) is 14.5 Å². The van der Waals surface area contributed by atoms with Crippen LogP contribution in [0.2, 0.25) is 0 Å². The van der Waals surface area contributed by atoms with Crippen molar-refractivity contribution >= 4 is 11.3 Å². The maximum atomic E-state index is 9.57. The van der Waals surface area contributed by atoms with Crippen LogP contribution in [0, 0.1) is 0 Å². The van der Waals surface area contributed by atoms with Crippen LogP contribution < -0.4 is 0 Å². The molecule has 23 heavy (non-hydrogen) atoms. The van der Waals surface area contributed by atoms with Crippen LogP contribution in [0.15, 0.2) is 17.8 Å². The molecule has 0 amide bonds. The van der Waals surface area contributed by atoms with Crippen LogP contribution in [0.4, 0.5) is 0 Å². The fourth-order valence-electron chi connectivity index (χ4n) is 3.10. The van der Waals surface area contributed by atoms with E-state index in [1.54, 1.807) is 16.0 Å². The SMILES string of the molecule is C[C@H](O)CN1CCN(Cc2csc(-c3cnn(C)c3)n2)C[C@@H]1C. The number of aliphatic hydroxyl groups is 1. The number of aryl methyl sites for hydroxylation is 1. The number of hydrogen-bond acceptors (Lipinski definition) is 6. The van der Waals surface area contributed by atoms with Crippen molar-refractivity contribution in [2.24, 2.45) is 7.05 Å². The lowest BCUT2D eigenvalue weighted by Crippen LogP contribution is -2.53. The highest BCUT2D eigenvalue weighted by Gasteiger charge is 2.24. The van der Waals surface area contributed by atoms with E-state index in [9.17, 15) is 5.11 Å². The zero-order valence-electron chi connectivity index (χ0n) is 14.0. The normalized spacial score (nSPS) is 21.7. The van der Waals surface area contributed by atoms with Gasteiger partial charge in [0.15, 0.2) is 0 Å². The maximum absolute atomic E-state index is 9.57. The van der Waals surface area contributed by atoms with Crippen LogP contribution in [0.25, 0.3) is 10.6 Å². The molecule has 2 atom stereocenters. The number of aliphatic hydroxyl groups excluding tert-OH is 1. The second-order valence-corrected chi connectivity index (χ2v) is 7.33. The average molecular weight is 335 g/mol. The Balaban J connectivity index is 1.57. The Kier molecular flexibility index (Phi) is 5.11. The van der Waals surface area contributed by atoms with Gasteiger partial charge in [0, 0.05) is 63.0 Å². The van der Waals surface area contributed by atoms with E-state index in [0.717, 1.165) is 49.0 Å². The smallest absolute Gasteiger partial charge is 0.126 e. The molecule has 0 aromatic carbocycles. The molecule has 3 rings (SSSR count). The molecule has 0 aliphatic carbocycles. The molecule has 1 aliphatic heterocycles. The Morgan fingerprint density at radius 1 is 1.43 bits per heavy atom. The quantitative estimate of drug-likeness (QED) is 0.896. The number of piperazine rings is 1. The third-order valence-corrected chi connectivity index (χ3v) is 5.18. The van der Waals surface area contributed by atoms with E-state index in [0.29, 0.717) is 6.04 Å². The molecule has 0 spiro atoms. The summed E-state index contributed by atoms with van der Waals surface area (Å²) in [5.74, 6) is 0. The summed E-state index contributed by atoms with van der Waals surface area (Å²) in [6.45, 7) is 8.79. The lowest BCUT2D eigenvalue weighted by atomic mass is 10.1. The van der Waals surface area contributed by atoms with Crippen LogP contribution in [0.5, 0.6) is 0 Å². The molecule has 1 N–H and O–H groups in total. The lowest BCUT2D eigenvalue weighted by Gasteiger charge is -2.40. The molecule has 1 aliphatic rings. The Bertz CT molecular complexity index is 638. The van der Waals surface area contributed by atoms with E-state index in [4.69, 9.17) is 4.98 Å². The molecule has 7 heteroatoms. The second-order valence-electron chi connectivity index (χ2n) is 6.47. The highest BCUT2D eigenvalue weighted by atomic mass is 32.1. The number of β-amino-alcohol motifs (C(OH)–C–C–N with tert-alkyl or cyclic N) is 1. The number of nitrogens with zero attached hydrogens (tertiary/aromatic N) is 5. The lowest BCUT2D eigenvalue weighted by molar-refractivity contribution is 0.0419. The van der Waals surface area contributed by atoms with Gasteiger partial charge in [-0.15, -0.1) is 11.3 Å². The van der Waals surface area contributed by atoms with Crippen molar-refractivity contribution in [3.8, 4) is 10.6 Å². The van der Waals surface area contributed by atoms with Crippen LogP contribution in [-0.4, -0.2) is 68.0 Å². The van der Waals surface area contributed by atoms with Crippen molar-refractivity contribution in [3.05, 3.63) is 23.5 Å². The van der Waals surface area contributed by atoms with Crippen molar-refractivity contribution in [3.63, 3.8) is 0 Å². The molecule has 6 nitrogen and oxygen atoms in total. The predicted octanol–water partition coefficient (Wildman–Crippen LogP) is 1.43. The first-order valence-electron chi connectivity index (χ1n) is 8.09. The number of hydrogen-bond donors (Lipinski definition) is 1. The van der Waals surface area contributed by atoms with E-state index >= 15 is 0 Å². The zero-order valence-corrected chi connectivity index (χ0v) is 14.8. The highest BCUT2D eigenvalue weighted by molar-refractivity contribution is 7.13. The van der Waals surface area contributed by atoms with Crippen molar-refractivity contribution in [1.29, 1.82) is 0 Å². The van der Waals surface area contributed by atoms with Crippen molar-refractivity contribution in [2.45, 2.75) is 32.5 Å². The maximum Gasteiger partial charge on any atom is 0.126 e. The van der Waals surface area contributed by atoms with Crippen molar-refractivity contribution in [1.82, 2.24) is 24.6 Å². The van der Waals surface area contributed by atoms with Gasteiger partial charge in [-0.1, -0.05) is 0 Å². The number of aromatic nitrogens is 3. The largest absolute Gasteiger partial charge is 0.392 e. The number of rotatable bonds is 5. The number of thiazole rings is 1. The Morgan fingerprint density at radius 2 is 2.26 bits per heavy atom. The summed E-state index contributed by atoms with van der Waals surface area (Å²) in [5.41, 5.74) is 2.21. The van der Waals surface area contributed by atoms with Gasteiger partial charge in [-0.25, -0.2) is 4.98 Å². The van der Waals surface area contributed by atoms with E-state index in [2.05, 4.69) is 27.2 Å². The van der Waals surface area contributed by atoms with Gasteiger partial charge in [-0.05, 0) is 13.8 Å². The monoisotopic (exact) mass is 335 g/mol. The zero-order chi connectivity index (χ0) is 16.4. The molecule has 2 aromatic rings. The van der Waals surface area contributed by atoms with Crippen LogP contribution >= 0.6 is 11.3 Å². The first-order chi connectivity index (χ1) is 11.0. The summed E-state index contributed by atoms with van der Waals surface area (Å²) in [6.07, 6.45) is 3.60. The van der Waals surface area contributed by atoms with Crippen molar-refractivity contribution < 1.29 is 5.11 Å². The average Bonchev–Trinajstić information content (AvgIpc) is 3.10. The van der Waals surface area contributed by atoms with E-state index in [-0.39, 0.29) is 6.10 Å². The third-order valence-electron chi connectivity index (χ3n) is 4.24. The van der Waals surface area contributed by atoms with Gasteiger partial charge in [-0.2, -0.15) is 5.10 Å².